The van der Waals surface area contributed by atoms with Crippen LogP contribution in [0.4, 0.5) is 5.69 Å². The van der Waals surface area contributed by atoms with E-state index in [-0.39, 0.29) is 4.90 Å². The first-order valence-corrected chi connectivity index (χ1v) is 9.92. The minimum Gasteiger partial charge on any atom is -0.496 e. The third-order valence-electron chi connectivity index (χ3n) is 4.65. The quantitative estimate of drug-likeness (QED) is 0.861. The summed E-state index contributed by atoms with van der Waals surface area (Å²) in [4.78, 5) is 2.58. The molecule has 5 nitrogen and oxygen atoms in total. The van der Waals surface area contributed by atoms with Crippen LogP contribution in [0.25, 0.3) is 0 Å². The van der Waals surface area contributed by atoms with Crippen LogP contribution in [0.15, 0.2) is 53.4 Å². The van der Waals surface area contributed by atoms with Gasteiger partial charge in [0.25, 0.3) is 0 Å². The van der Waals surface area contributed by atoms with Gasteiger partial charge in [-0.3, -0.25) is 0 Å². The average Bonchev–Trinajstić information content (AvgIpc) is 3.10. The number of hydrogen-bond acceptors (Lipinski definition) is 4. The topological polar surface area (TPSA) is 58.6 Å². The maximum atomic E-state index is 12.5. The first kappa shape index (κ1) is 17.8. The van der Waals surface area contributed by atoms with E-state index in [4.69, 9.17) is 4.74 Å². The monoisotopic (exact) mass is 360 g/mol. The normalized spacial score (nSPS) is 17.7. The van der Waals surface area contributed by atoms with Crippen LogP contribution < -0.4 is 14.4 Å². The van der Waals surface area contributed by atoms with Gasteiger partial charge in [0.15, 0.2) is 0 Å². The Morgan fingerprint density at radius 3 is 2.64 bits per heavy atom. The van der Waals surface area contributed by atoms with E-state index in [9.17, 15) is 8.42 Å². The first-order valence-electron chi connectivity index (χ1n) is 8.44. The van der Waals surface area contributed by atoms with Gasteiger partial charge in [-0.05, 0) is 55.2 Å². The lowest BCUT2D eigenvalue weighted by Gasteiger charge is -2.18. The fourth-order valence-electron chi connectivity index (χ4n) is 3.20. The highest BCUT2D eigenvalue weighted by atomic mass is 32.2. The summed E-state index contributed by atoms with van der Waals surface area (Å²) in [6, 6.07) is 15.2. The van der Waals surface area contributed by atoms with E-state index < -0.39 is 10.0 Å². The van der Waals surface area contributed by atoms with Crippen molar-refractivity contribution in [1.29, 1.82) is 0 Å². The van der Waals surface area contributed by atoms with Gasteiger partial charge in [-0.25, -0.2) is 13.1 Å². The van der Waals surface area contributed by atoms with Crippen LogP contribution in [0.3, 0.4) is 0 Å². The molecule has 1 atom stereocenters. The Labute approximate surface area is 149 Å². The molecule has 1 unspecified atom stereocenters. The lowest BCUT2D eigenvalue weighted by molar-refractivity contribution is 0.411. The Balaban J connectivity index is 1.60. The molecular weight excluding hydrogens is 336 g/mol. The van der Waals surface area contributed by atoms with Crippen molar-refractivity contribution in [2.24, 2.45) is 5.92 Å². The Bertz CT molecular complexity index is 822. The largest absolute Gasteiger partial charge is 0.496 e. The van der Waals surface area contributed by atoms with Crippen molar-refractivity contribution in [1.82, 2.24) is 4.72 Å². The molecular formula is C19H24N2O3S. The molecule has 25 heavy (non-hydrogen) atoms. The Morgan fingerprint density at radius 1 is 1.20 bits per heavy atom. The lowest BCUT2D eigenvalue weighted by Crippen LogP contribution is -2.31. The third kappa shape index (κ3) is 4.14. The van der Waals surface area contributed by atoms with Gasteiger partial charge in [-0.1, -0.05) is 18.2 Å². The second-order valence-corrected chi connectivity index (χ2v) is 8.19. The summed E-state index contributed by atoms with van der Waals surface area (Å²) in [5, 5.41) is 0. The van der Waals surface area contributed by atoms with Crippen LogP contribution in [0.1, 0.15) is 12.0 Å². The predicted octanol–water partition coefficient (Wildman–Crippen LogP) is 2.81. The Kier molecular flexibility index (Phi) is 5.30. The van der Waals surface area contributed by atoms with E-state index in [1.807, 2.05) is 25.1 Å². The molecule has 0 amide bonds. The molecule has 6 heteroatoms. The second kappa shape index (κ2) is 7.45. The first-order chi connectivity index (χ1) is 12.0. The summed E-state index contributed by atoms with van der Waals surface area (Å²) in [5.41, 5.74) is 2.00. The minimum absolute atomic E-state index is 0.281. The molecule has 0 aliphatic carbocycles. The summed E-state index contributed by atoms with van der Waals surface area (Å²) in [7, 11) is -1.92. The Hall–Kier alpha value is -2.05. The van der Waals surface area contributed by atoms with E-state index in [0.717, 1.165) is 25.1 Å². The van der Waals surface area contributed by atoms with Gasteiger partial charge in [0, 0.05) is 25.3 Å². The molecule has 3 rings (SSSR count). The summed E-state index contributed by atoms with van der Waals surface area (Å²) in [5.74, 6) is 1.00. The lowest BCUT2D eigenvalue weighted by atomic mass is 10.1. The van der Waals surface area contributed by atoms with Crippen LogP contribution in [0.2, 0.25) is 0 Å². The molecule has 0 spiro atoms. The van der Waals surface area contributed by atoms with Gasteiger partial charge in [-0.15, -0.1) is 0 Å². The van der Waals surface area contributed by atoms with Crippen molar-refractivity contribution in [3.63, 3.8) is 0 Å². The number of methoxy groups -OCH3 is 1. The predicted molar refractivity (Wildman–Crippen MR) is 99.7 cm³/mol. The maximum absolute atomic E-state index is 12.5. The number of benzene rings is 2. The number of nitrogens with zero attached hydrogens (tertiary/aromatic N) is 1. The zero-order valence-corrected chi connectivity index (χ0v) is 15.4. The number of nitrogens with one attached hydrogen (secondary N) is 1. The molecule has 2 aromatic rings. The number of anilines is 1. The van der Waals surface area contributed by atoms with Crippen molar-refractivity contribution < 1.29 is 13.2 Å². The van der Waals surface area contributed by atoms with Gasteiger partial charge in [0.1, 0.15) is 5.75 Å². The smallest absolute Gasteiger partial charge is 0.240 e. The highest BCUT2D eigenvalue weighted by Crippen LogP contribution is 2.24. The van der Waals surface area contributed by atoms with Crippen molar-refractivity contribution in [2.75, 3.05) is 31.6 Å². The maximum Gasteiger partial charge on any atom is 0.240 e. The summed E-state index contributed by atoms with van der Waals surface area (Å²) < 4.78 is 33.0. The number of para-hydroxylation sites is 1. The number of rotatable bonds is 6. The fraction of sp³-hybridized carbons (Fsp3) is 0.368. The van der Waals surface area contributed by atoms with E-state index in [1.54, 1.807) is 25.3 Å². The molecule has 0 saturated carbocycles. The van der Waals surface area contributed by atoms with E-state index >= 15 is 0 Å². The van der Waals surface area contributed by atoms with Gasteiger partial charge in [0.05, 0.1) is 12.0 Å². The molecule has 1 fully saturated rings. The SMILES string of the molecule is COc1ccc(S(=O)(=O)NCC2CCN(c3ccccc3)C2)cc1C. The molecule has 1 N–H and O–H groups in total. The van der Waals surface area contributed by atoms with Crippen LogP contribution in [0.5, 0.6) is 5.75 Å². The molecule has 0 aromatic heterocycles. The van der Waals surface area contributed by atoms with Crippen LogP contribution in [-0.4, -0.2) is 35.2 Å². The van der Waals surface area contributed by atoms with Gasteiger partial charge < -0.3 is 9.64 Å². The molecule has 1 aliphatic heterocycles. The molecule has 1 saturated heterocycles. The van der Waals surface area contributed by atoms with E-state index in [1.165, 1.54) is 5.69 Å². The summed E-state index contributed by atoms with van der Waals surface area (Å²) in [6.45, 7) is 4.12. The summed E-state index contributed by atoms with van der Waals surface area (Å²) in [6.07, 6.45) is 0.985. The Morgan fingerprint density at radius 2 is 1.96 bits per heavy atom. The molecule has 2 aromatic carbocycles. The highest BCUT2D eigenvalue weighted by molar-refractivity contribution is 7.89. The van der Waals surface area contributed by atoms with Gasteiger partial charge in [0.2, 0.25) is 10.0 Å². The van der Waals surface area contributed by atoms with Crippen molar-refractivity contribution in [3.05, 3.63) is 54.1 Å². The van der Waals surface area contributed by atoms with Gasteiger partial charge >= 0.3 is 0 Å². The van der Waals surface area contributed by atoms with E-state index in [2.05, 4.69) is 21.8 Å². The number of hydrogen-bond donors (Lipinski definition) is 1. The van der Waals surface area contributed by atoms with Gasteiger partial charge in [-0.2, -0.15) is 0 Å². The highest BCUT2D eigenvalue weighted by Gasteiger charge is 2.25. The minimum atomic E-state index is -3.50. The van der Waals surface area contributed by atoms with Crippen molar-refractivity contribution in [2.45, 2.75) is 18.2 Å². The number of ether oxygens (including phenoxy) is 1. The third-order valence-corrected chi connectivity index (χ3v) is 6.07. The van der Waals surface area contributed by atoms with Crippen LogP contribution in [0, 0.1) is 12.8 Å². The fourth-order valence-corrected chi connectivity index (χ4v) is 4.40. The zero-order chi connectivity index (χ0) is 17.9. The van der Waals surface area contributed by atoms with Crippen molar-refractivity contribution >= 4 is 15.7 Å². The van der Waals surface area contributed by atoms with Crippen LogP contribution >= 0.6 is 0 Å². The number of aryl methyl sites for hydroxylation is 1. The standard InChI is InChI=1S/C19H24N2O3S/c1-15-12-18(8-9-19(15)24-2)25(22,23)20-13-16-10-11-21(14-16)17-6-4-3-5-7-17/h3-9,12,16,20H,10-11,13-14H2,1-2H3. The van der Waals surface area contributed by atoms with E-state index in [0.29, 0.717) is 18.2 Å². The number of sulfonamides is 1. The van der Waals surface area contributed by atoms with Crippen molar-refractivity contribution in [3.8, 4) is 5.75 Å². The molecule has 1 aliphatic rings. The molecule has 0 bridgehead atoms. The van der Waals surface area contributed by atoms with Crippen LogP contribution in [-0.2, 0) is 10.0 Å². The molecule has 1 heterocycles. The average molecular weight is 360 g/mol. The molecule has 0 radical (unpaired) electrons. The zero-order valence-electron chi connectivity index (χ0n) is 14.6. The second-order valence-electron chi connectivity index (χ2n) is 6.42. The molecule has 134 valence electrons. The summed E-state index contributed by atoms with van der Waals surface area (Å²) >= 11 is 0.